The minimum Gasteiger partial charge on any atom is -0.364 e. The van der Waals surface area contributed by atoms with Gasteiger partial charge in [-0.15, -0.1) is 0 Å². The fourth-order valence-electron chi connectivity index (χ4n) is 2.00. The number of nitrogens with zero attached hydrogens (tertiary/aromatic N) is 2. The van der Waals surface area contributed by atoms with Crippen LogP contribution in [0.5, 0.6) is 0 Å². The molecule has 0 unspecified atom stereocenters. The quantitative estimate of drug-likeness (QED) is 0.653. The van der Waals surface area contributed by atoms with E-state index >= 15 is 0 Å². The number of nitrogens with one attached hydrogen (secondary N) is 1. The highest BCUT2D eigenvalue weighted by Crippen LogP contribution is 2.14. The molecule has 0 saturated heterocycles. The van der Waals surface area contributed by atoms with Crippen LogP contribution in [0.4, 0.5) is 0 Å². The Kier molecular flexibility index (Phi) is 2.00. The third-order valence-corrected chi connectivity index (χ3v) is 2.91. The highest BCUT2D eigenvalue weighted by atomic mass is 16.1. The maximum Gasteiger partial charge on any atom is 0.282 e. The standard InChI is InChI=1S/C12H10N4O2/c1-6-3-2-4-7-10(6)14-9-5-8(11(13)17)15-16(9)12(7)18/h2-5,14H,1H3,(H2,13,17). The summed E-state index contributed by atoms with van der Waals surface area (Å²) >= 11 is 0. The van der Waals surface area contributed by atoms with Crippen molar-refractivity contribution in [3.8, 4) is 0 Å². The van der Waals surface area contributed by atoms with Gasteiger partial charge in [-0.3, -0.25) is 9.59 Å². The predicted octanol–water partition coefficient (Wildman–Crippen LogP) is 0.583. The molecule has 0 aliphatic carbocycles. The molecular weight excluding hydrogens is 232 g/mol. The summed E-state index contributed by atoms with van der Waals surface area (Å²) in [5.41, 5.74) is 7.10. The number of hydrogen-bond acceptors (Lipinski definition) is 3. The van der Waals surface area contributed by atoms with Gasteiger partial charge in [0.05, 0.1) is 10.9 Å². The van der Waals surface area contributed by atoms with E-state index in [9.17, 15) is 9.59 Å². The van der Waals surface area contributed by atoms with Crippen molar-refractivity contribution in [1.82, 2.24) is 14.6 Å². The summed E-state index contributed by atoms with van der Waals surface area (Å²) in [5, 5.41) is 4.42. The van der Waals surface area contributed by atoms with Crippen molar-refractivity contribution in [3.63, 3.8) is 0 Å². The molecule has 18 heavy (non-hydrogen) atoms. The topological polar surface area (TPSA) is 93.2 Å². The molecular formula is C12H10N4O2. The molecule has 0 atom stereocenters. The van der Waals surface area contributed by atoms with E-state index in [1.54, 1.807) is 12.1 Å². The molecule has 3 aromatic rings. The van der Waals surface area contributed by atoms with Crippen molar-refractivity contribution in [3.05, 3.63) is 45.9 Å². The Hall–Kier alpha value is -2.63. The third kappa shape index (κ3) is 1.32. The predicted molar refractivity (Wildman–Crippen MR) is 66.6 cm³/mol. The lowest BCUT2D eigenvalue weighted by Crippen LogP contribution is -2.17. The fraction of sp³-hybridized carbons (Fsp3) is 0.0833. The molecule has 6 heteroatoms. The Balaban J connectivity index is 2.53. The normalized spacial score (nSPS) is 11.2. The van der Waals surface area contributed by atoms with Crippen LogP contribution in [0.15, 0.2) is 29.1 Å². The van der Waals surface area contributed by atoms with Crippen molar-refractivity contribution in [2.75, 3.05) is 0 Å². The highest BCUT2D eigenvalue weighted by molar-refractivity contribution is 5.92. The summed E-state index contributed by atoms with van der Waals surface area (Å²) in [6.07, 6.45) is 0. The average Bonchev–Trinajstić information content (AvgIpc) is 2.75. The molecule has 0 aliphatic heterocycles. The van der Waals surface area contributed by atoms with E-state index in [-0.39, 0.29) is 11.3 Å². The third-order valence-electron chi connectivity index (χ3n) is 2.91. The monoisotopic (exact) mass is 242 g/mol. The number of primary amides is 1. The second kappa shape index (κ2) is 3.43. The lowest BCUT2D eigenvalue weighted by Gasteiger charge is -2.02. The Morgan fingerprint density at radius 1 is 1.44 bits per heavy atom. The number of carbonyl (C=O) groups is 1. The zero-order valence-electron chi connectivity index (χ0n) is 9.60. The summed E-state index contributed by atoms with van der Waals surface area (Å²) in [6, 6.07) is 6.89. The summed E-state index contributed by atoms with van der Waals surface area (Å²) in [4.78, 5) is 26.4. The number of fused-ring (bicyclic) bond motifs is 2. The first-order valence-corrected chi connectivity index (χ1v) is 5.39. The zero-order chi connectivity index (χ0) is 12.9. The van der Waals surface area contributed by atoms with E-state index in [1.165, 1.54) is 6.07 Å². The SMILES string of the molecule is Cc1cccc2c(=O)n3nc(C(N)=O)cc3[nH]c12. The van der Waals surface area contributed by atoms with Crippen LogP contribution in [0.3, 0.4) is 0 Å². The van der Waals surface area contributed by atoms with E-state index in [4.69, 9.17) is 5.73 Å². The second-order valence-corrected chi connectivity index (χ2v) is 4.12. The molecule has 2 aromatic heterocycles. The molecule has 0 fully saturated rings. The molecule has 6 nitrogen and oxygen atoms in total. The molecule has 1 aromatic carbocycles. The van der Waals surface area contributed by atoms with Crippen LogP contribution in [-0.4, -0.2) is 20.5 Å². The Morgan fingerprint density at radius 3 is 2.94 bits per heavy atom. The van der Waals surface area contributed by atoms with Gasteiger partial charge in [0.25, 0.3) is 11.5 Å². The lowest BCUT2D eigenvalue weighted by atomic mass is 10.1. The number of aromatic nitrogens is 3. The van der Waals surface area contributed by atoms with Crippen LogP contribution in [0.25, 0.3) is 16.6 Å². The zero-order valence-corrected chi connectivity index (χ0v) is 9.60. The summed E-state index contributed by atoms with van der Waals surface area (Å²) < 4.78 is 1.15. The van der Waals surface area contributed by atoms with E-state index < -0.39 is 5.91 Å². The number of aryl methyl sites for hydroxylation is 1. The molecule has 3 N–H and O–H groups in total. The Labute approximate surface area is 101 Å². The first-order chi connectivity index (χ1) is 8.58. The van der Waals surface area contributed by atoms with Crippen LogP contribution >= 0.6 is 0 Å². The fourth-order valence-corrected chi connectivity index (χ4v) is 2.00. The van der Waals surface area contributed by atoms with Gasteiger partial charge in [-0.25, -0.2) is 0 Å². The largest absolute Gasteiger partial charge is 0.364 e. The van der Waals surface area contributed by atoms with Gasteiger partial charge in [-0.1, -0.05) is 12.1 Å². The van der Waals surface area contributed by atoms with Crippen molar-refractivity contribution < 1.29 is 4.79 Å². The van der Waals surface area contributed by atoms with Gasteiger partial charge in [0.15, 0.2) is 5.69 Å². The van der Waals surface area contributed by atoms with E-state index in [0.717, 1.165) is 15.6 Å². The number of rotatable bonds is 1. The molecule has 0 saturated carbocycles. The summed E-state index contributed by atoms with van der Waals surface area (Å²) in [6.45, 7) is 1.90. The average molecular weight is 242 g/mol. The minimum absolute atomic E-state index is 0.0660. The lowest BCUT2D eigenvalue weighted by molar-refractivity contribution is 0.0995. The van der Waals surface area contributed by atoms with Gasteiger partial charge in [0.2, 0.25) is 0 Å². The maximum atomic E-state index is 12.2. The molecule has 90 valence electrons. The highest BCUT2D eigenvalue weighted by Gasteiger charge is 2.12. The Bertz CT molecular complexity index is 844. The van der Waals surface area contributed by atoms with Gasteiger partial charge in [-0.05, 0) is 18.6 Å². The van der Waals surface area contributed by atoms with Crippen LogP contribution in [-0.2, 0) is 0 Å². The number of hydrogen-bond donors (Lipinski definition) is 2. The maximum absolute atomic E-state index is 12.2. The first-order valence-electron chi connectivity index (χ1n) is 5.39. The van der Waals surface area contributed by atoms with Gasteiger partial charge in [0, 0.05) is 6.07 Å². The molecule has 3 rings (SSSR count). The molecule has 0 aliphatic rings. The van der Waals surface area contributed by atoms with E-state index in [0.29, 0.717) is 11.0 Å². The molecule has 0 radical (unpaired) electrons. The number of H-pyrrole nitrogens is 1. The van der Waals surface area contributed by atoms with Gasteiger partial charge < -0.3 is 10.7 Å². The molecule has 2 heterocycles. The van der Waals surface area contributed by atoms with E-state index in [1.807, 2.05) is 13.0 Å². The van der Waals surface area contributed by atoms with Gasteiger partial charge in [0.1, 0.15) is 5.65 Å². The number of carbonyl (C=O) groups excluding carboxylic acids is 1. The number of benzene rings is 1. The number of para-hydroxylation sites is 1. The van der Waals surface area contributed by atoms with Gasteiger partial charge in [-0.2, -0.15) is 9.61 Å². The molecule has 0 spiro atoms. The number of aromatic amines is 1. The van der Waals surface area contributed by atoms with Crippen molar-refractivity contribution in [2.45, 2.75) is 6.92 Å². The van der Waals surface area contributed by atoms with Gasteiger partial charge >= 0.3 is 0 Å². The number of amides is 1. The molecule has 1 amide bonds. The first kappa shape index (κ1) is 10.5. The van der Waals surface area contributed by atoms with Crippen LogP contribution in [0.2, 0.25) is 0 Å². The van der Waals surface area contributed by atoms with Crippen molar-refractivity contribution in [2.24, 2.45) is 5.73 Å². The number of nitrogens with two attached hydrogens (primary N) is 1. The smallest absolute Gasteiger partial charge is 0.282 e. The van der Waals surface area contributed by atoms with E-state index in [2.05, 4.69) is 10.1 Å². The minimum atomic E-state index is -0.660. The Morgan fingerprint density at radius 2 is 2.22 bits per heavy atom. The summed E-state index contributed by atoms with van der Waals surface area (Å²) in [5.74, 6) is -0.660. The van der Waals surface area contributed by atoms with Crippen molar-refractivity contribution >= 4 is 22.5 Å². The van der Waals surface area contributed by atoms with Crippen LogP contribution in [0, 0.1) is 6.92 Å². The van der Waals surface area contributed by atoms with Crippen LogP contribution in [0.1, 0.15) is 16.1 Å². The van der Waals surface area contributed by atoms with Crippen molar-refractivity contribution in [1.29, 1.82) is 0 Å². The second-order valence-electron chi connectivity index (χ2n) is 4.12. The summed E-state index contributed by atoms with van der Waals surface area (Å²) in [7, 11) is 0. The van der Waals surface area contributed by atoms with Crippen LogP contribution < -0.4 is 11.3 Å². The molecule has 0 bridgehead atoms.